The molecule has 5 nitrogen and oxygen atoms in total. The highest BCUT2D eigenvalue weighted by Crippen LogP contribution is 2.29. The number of rotatable bonds is 4. The molecule has 0 unspecified atom stereocenters. The summed E-state index contributed by atoms with van der Waals surface area (Å²) < 4.78 is 0. The molecule has 0 aromatic carbocycles. The van der Waals surface area contributed by atoms with Gasteiger partial charge < -0.3 is 10.6 Å². The van der Waals surface area contributed by atoms with Crippen molar-refractivity contribution in [1.29, 1.82) is 0 Å². The minimum Gasteiger partial charge on any atom is -0.382 e. The minimum absolute atomic E-state index is 0.351. The number of carbonyl (C=O) groups excluding carboxylic acids is 1. The van der Waals surface area contributed by atoms with Crippen molar-refractivity contribution in [3.63, 3.8) is 0 Å². The predicted molar refractivity (Wildman–Crippen MR) is 86.0 cm³/mol. The average molecular weight is 302 g/mol. The van der Waals surface area contributed by atoms with Gasteiger partial charge in [0.25, 0.3) is 0 Å². The lowest BCUT2D eigenvalue weighted by atomic mass is 9.92. The highest BCUT2D eigenvalue weighted by Gasteiger charge is 2.27. The largest absolute Gasteiger partial charge is 0.382 e. The molecule has 2 fully saturated rings. The number of carbonyl (C=O) groups is 1. The van der Waals surface area contributed by atoms with Gasteiger partial charge in [0.1, 0.15) is 5.82 Å². The number of likely N-dealkylation sites (tertiary alicyclic amines) is 1. The molecule has 1 amide bonds. The van der Waals surface area contributed by atoms with E-state index in [1.165, 1.54) is 25.7 Å². The van der Waals surface area contributed by atoms with Gasteiger partial charge in [0.15, 0.2) is 0 Å². The molecule has 0 spiro atoms. The highest BCUT2D eigenvalue weighted by molar-refractivity contribution is 5.76. The lowest BCUT2D eigenvalue weighted by Gasteiger charge is -2.33. The van der Waals surface area contributed by atoms with E-state index >= 15 is 0 Å². The summed E-state index contributed by atoms with van der Waals surface area (Å²) in [4.78, 5) is 23.0. The zero-order valence-corrected chi connectivity index (χ0v) is 13.2. The van der Waals surface area contributed by atoms with Crippen LogP contribution < -0.4 is 5.73 Å². The number of nitrogens with zero attached hydrogens (tertiary/aromatic N) is 3. The Morgan fingerprint density at radius 1 is 1.14 bits per heavy atom. The van der Waals surface area contributed by atoms with E-state index in [9.17, 15) is 4.79 Å². The lowest BCUT2D eigenvalue weighted by molar-refractivity contribution is -0.134. The number of anilines is 1. The first-order valence-electron chi connectivity index (χ1n) is 8.55. The fourth-order valence-corrected chi connectivity index (χ4v) is 3.86. The molecule has 1 aliphatic carbocycles. The quantitative estimate of drug-likeness (QED) is 0.927. The fraction of sp³-hybridized carbons (Fsp3) is 0.706. The van der Waals surface area contributed by atoms with Crippen molar-refractivity contribution in [3.05, 3.63) is 18.1 Å². The van der Waals surface area contributed by atoms with Crippen molar-refractivity contribution in [2.24, 2.45) is 11.8 Å². The normalized spacial score (nSPS) is 22.9. The van der Waals surface area contributed by atoms with Crippen molar-refractivity contribution in [1.82, 2.24) is 14.9 Å². The molecule has 0 radical (unpaired) electrons. The van der Waals surface area contributed by atoms with E-state index in [4.69, 9.17) is 5.73 Å². The van der Waals surface area contributed by atoms with Crippen molar-refractivity contribution < 1.29 is 4.79 Å². The SMILES string of the molecule is Nc1nccnc1C[C@@H]1CCCN(C(=O)CC2CCCC2)C1. The Morgan fingerprint density at radius 2 is 1.86 bits per heavy atom. The van der Waals surface area contributed by atoms with E-state index in [2.05, 4.69) is 14.9 Å². The summed E-state index contributed by atoms with van der Waals surface area (Å²) in [7, 11) is 0. The van der Waals surface area contributed by atoms with Crippen LogP contribution in [-0.4, -0.2) is 33.9 Å². The summed E-state index contributed by atoms with van der Waals surface area (Å²) >= 11 is 0. The van der Waals surface area contributed by atoms with E-state index in [0.717, 1.165) is 44.5 Å². The van der Waals surface area contributed by atoms with Gasteiger partial charge >= 0.3 is 0 Å². The molecule has 1 aromatic rings. The Bertz CT molecular complexity index is 513. The molecule has 0 bridgehead atoms. The number of hydrogen-bond acceptors (Lipinski definition) is 4. The van der Waals surface area contributed by atoms with Gasteiger partial charge in [-0.3, -0.25) is 9.78 Å². The average Bonchev–Trinajstić information content (AvgIpc) is 3.03. The van der Waals surface area contributed by atoms with Crippen LogP contribution in [0.15, 0.2) is 12.4 Å². The van der Waals surface area contributed by atoms with E-state index in [1.807, 2.05) is 0 Å². The van der Waals surface area contributed by atoms with Gasteiger partial charge in [0.2, 0.25) is 5.91 Å². The first-order valence-corrected chi connectivity index (χ1v) is 8.55. The molecule has 1 saturated carbocycles. The molecule has 1 saturated heterocycles. The van der Waals surface area contributed by atoms with Crippen LogP contribution >= 0.6 is 0 Å². The Hall–Kier alpha value is -1.65. The second-order valence-electron chi connectivity index (χ2n) is 6.80. The third kappa shape index (κ3) is 3.76. The maximum atomic E-state index is 12.5. The molecule has 22 heavy (non-hydrogen) atoms. The predicted octanol–water partition coefficient (Wildman–Crippen LogP) is 2.42. The van der Waals surface area contributed by atoms with Crippen LogP contribution in [0.1, 0.15) is 50.6 Å². The first kappa shape index (κ1) is 15.3. The molecular formula is C17H26N4O. The van der Waals surface area contributed by atoms with Crippen molar-refractivity contribution in [2.45, 2.75) is 51.4 Å². The molecule has 1 aliphatic heterocycles. The van der Waals surface area contributed by atoms with Gasteiger partial charge in [-0.2, -0.15) is 0 Å². The second kappa shape index (κ2) is 7.07. The van der Waals surface area contributed by atoms with Crippen molar-refractivity contribution in [2.75, 3.05) is 18.8 Å². The summed E-state index contributed by atoms with van der Waals surface area (Å²) in [6, 6.07) is 0. The van der Waals surface area contributed by atoms with Gasteiger partial charge in [-0.05, 0) is 43.9 Å². The second-order valence-corrected chi connectivity index (χ2v) is 6.80. The molecule has 5 heteroatoms. The van der Waals surface area contributed by atoms with E-state index in [-0.39, 0.29) is 0 Å². The summed E-state index contributed by atoms with van der Waals surface area (Å²) in [5.41, 5.74) is 6.76. The van der Waals surface area contributed by atoms with Crippen LogP contribution in [0.3, 0.4) is 0 Å². The maximum absolute atomic E-state index is 12.5. The van der Waals surface area contributed by atoms with E-state index < -0.39 is 0 Å². The lowest BCUT2D eigenvalue weighted by Crippen LogP contribution is -2.41. The number of piperidine rings is 1. The minimum atomic E-state index is 0.351. The zero-order chi connectivity index (χ0) is 15.4. The number of aromatic nitrogens is 2. The van der Waals surface area contributed by atoms with Gasteiger partial charge in [-0.15, -0.1) is 0 Å². The highest BCUT2D eigenvalue weighted by atomic mass is 16.2. The number of hydrogen-bond donors (Lipinski definition) is 1. The molecular weight excluding hydrogens is 276 g/mol. The van der Waals surface area contributed by atoms with Gasteiger partial charge in [-0.25, -0.2) is 4.98 Å². The van der Waals surface area contributed by atoms with Gasteiger partial charge in [-0.1, -0.05) is 12.8 Å². The Kier molecular flexibility index (Phi) is 4.90. The fourth-order valence-electron chi connectivity index (χ4n) is 3.86. The Morgan fingerprint density at radius 3 is 2.64 bits per heavy atom. The zero-order valence-electron chi connectivity index (χ0n) is 13.2. The molecule has 120 valence electrons. The van der Waals surface area contributed by atoms with E-state index in [1.54, 1.807) is 12.4 Å². The summed E-state index contributed by atoms with van der Waals surface area (Å²) in [6.45, 7) is 1.76. The summed E-state index contributed by atoms with van der Waals surface area (Å²) in [6.07, 6.45) is 12.2. The third-order valence-electron chi connectivity index (χ3n) is 5.10. The van der Waals surface area contributed by atoms with Crippen molar-refractivity contribution >= 4 is 11.7 Å². The molecule has 2 heterocycles. The number of nitrogen functional groups attached to an aromatic ring is 1. The van der Waals surface area contributed by atoms with Crippen LogP contribution in [0.4, 0.5) is 5.82 Å². The van der Waals surface area contributed by atoms with Crippen LogP contribution in [0, 0.1) is 11.8 Å². The van der Waals surface area contributed by atoms with Gasteiger partial charge in [0.05, 0.1) is 5.69 Å². The molecule has 1 aromatic heterocycles. The number of nitrogens with two attached hydrogens (primary N) is 1. The number of amides is 1. The Labute approximate surface area is 132 Å². The van der Waals surface area contributed by atoms with Crippen LogP contribution in [0.2, 0.25) is 0 Å². The first-order chi connectivity index (χ1) is 10.7. The third-order valence-corrected chi connectivity index (χ3v) is 5.10. The maximum Gasteiger partial charge on any atom is 0.222 e. The van der Waals surface area contributed by atoms with Gasteiger partial charge in [0, 0.05) is 31.9 Å². The summed E-state index contributed by atoms with van der Waals surface area (Å²) in [5, 5.41) is 0. The smallest absolute Gasteiger partial charge is 0.222 e. The van der Waals surface area contributed by atoms with Crippen LogP contribution in [0.25, 0.3) is 0 Å². The topological polar surface area (TPSA) is 72.1 Å². The Balaban J connectivity index is 1.54. The molecule has 3 rings (SSSR count). The standard InChI is InChI=1S/C17H26N4O/c18-17-15(19-7-8-20-17)10-14-6-3-9-21(12-14)16(22)11-13-4-1-2-5-13/h7-8,13-14H,1-6,9-12H2,(H2,18,20)/t14-/m0/s1. The van der Waals surface area contributed by atoms with Crippen LogP contribution in [-0.2, 0) is 11.2 Å². The van der Waals surface area contributed by atoms with Crippen molar-refractivity contribution in [3.8, 4) is 0 Å². The molecule has 1 atom stereocenters. The summed E-state index contributed by atoms with van der Waals surface area (Å²) in [5.74, 6) is 1.96. The molecule has 2 N–H and O–H groups in total. The van der Waals surface area contributed by atoms with Crippen LogP contribution in [0.5, 0.6) is 0 Å². The van der Waals surface area contributed by atoms with E-state index in [0.29, 0.717) is 23.6 Å². The molecule has 2 aliphatic rings. The monoisotopic (exact) mass is 302 g/mol.